The fraction of sp³-hybridized carbons (Fsp3) is 0.257. The van der Waals surface area contributed by atoms with Crippen molar-refractivity contribution in [3.05, 3.63) is 129 Å². The first kappa shape index (κ1) is 34.2. The third-order valence-corrected chi connectivity index (χ3v) is 9.51. The monoisotopic (exact) mass is 709 g/mol. The lowest BCUT2D eigenvalue weighted by Crippen LogP contribution is -2.56. The fourth-order valence-electron chi connectivity index (χ4n) is 4.84. The number of nitrogens with zero attached hydrogens (tertiary/aromatic N) is 2. The number of aryl methyl sites for hydroxylation is 1. The van der Waals surface area contributed by atoms with Crippen molar-refractivity contribution in [3.8, 4) is 0 Å². The highest BCUT2D eigenvalue weighted by molar-refractivity contribution is 9.10. The van der Waals surface area contributed by atoms with Crippen molar-refractivity contribution in [2.45, 2.75) is 57.1 Å². The van der Waals surface area contributed by atoms with Crippen molar-refractivity contribution in [1.29, 1.82) is 0 Å². The summed E-state index contributed by atoms with van der Waals surface area (Å²) in [7, 11) is -4.21. The van der Waals surface area contributed by atoms with Gasteiger partial charge in [-0.25, -0.2) is 8.42 Å². The van der Waals surface area contributed by atoms with Gasteiger partial charge in [-0.2, -0.15) is 0 Å². The van der Waals surface area contributed by atoms with Gasteiger partial charge < -0.3 is 10.2 Å². The molecule has 236 valence electrons. The van der Waals surface area contributed by atoms with Crippen molar-refractivity contribution in [2.24, 2.45) is 0 Å². The molecule has 0 bridgehead atoms. The first-order valence-electron chi connectivity index (χ1n) is 14.5. The summed E-state index contributed by atoms with van der Waals surface area (Å²) < 4.78 is 30.1. The number of rotatable bonds is 11. The Kier molecular flexibility index (Phi) is 11.1. The zero-order chi connectivity index (χ0) is 32.8. The van der Waals surface area contributed by atoms with Crippen molar-refractivity contribution >= 4 is 55.1 Å². The molecule has 2 amide bonds. The molecule has 0 aliphatic heterocycles. The maximum Gasteiger partial charge on any atom is 0.264 e. The zero-order valence-corrected chi connectivity index (χ0v) is 28.9. The SMILES string of the molecule is Cc1ccc(S(=O)(=O)N(CC(=O)N(Cc2cccc(Br)c2)[C@H](Cc2ccccc2)C(=O)NC(C)(C)C)c2cccc(Cl)c2)cc1. The first-order valence-corrected chi connectivity index (χ1v) is 17.1. The van der Waals surface area contributed by atoms with Crippen LogP contribution in [0.15, 0.2) is 112 Å². The lowest BCUT2D eigenvalue weighted by molar-refractivity contribution is -0.140. The van der Waals surface area contributed by atoms with E-state index in [-0.39, 0.29) is 29.5 Å². The van der Waals surface area contributed by atoms with Crippen LogP contribution in [0.1, 0.15) is 37.5 Å². The van der Waals surface area contributed by atoms with E-state index in [0.29, 0.717) is 5.02 Å². The summed E-state index contributed by atoms with van der Waals surface area (Å²) in [6.45, 7) is 7.00. The van der Waals surface area contributed by atoms with Crippen LogP contribution in [0.3, 0.4) is 0 Å². The van der Waals surface area contributed by atoms with Crippen LogP contribution in [-0.4, -0.2) is 43.3 Å². The molecule has 0 fully saturated rings. The third kappa shape index (κ3) is 9.42. The van der Waals surface area contributed by atoms with Crippen molar-refractivity contribution in [3.63, 3.8) is 0 Å². The number of sulfonamides is 1. The van der Waals surface area contributed by atoms with E-state index in [9.17, 15) is 18.0 Å². The molecule has 0 saturated carbocycles. The summed E-state index contributed by atoms with van der Waals surface area (Å²) in [5.41, 5.74) is 2.19. The van der Waals surface area contributed by atoms with Crippen LogP contribution in [0, 0.1) is 6.92 Å². The molecule has 0 aliphatic rings. The Morgan fingerprint density at radius 2 is 1.51 bits per heavy atom. The molecule has 1 atom stereocenters. The minimum atomic E-state index is -4.21. The van der Waals surface area contributed by atoms with E-state index in [1.54, 1.807) is 30.3 Å². The Morgan fingerprint density at radius 3 is 2.13 bits per heavy atom. The number of nitrogens with one attached hydrogen (secondary N) is 1. The van der Waals surface area contributed by atoms with Gasteiger partial charge in [0, 0.05) is 28.0 Å². The Labute approximate surface area is 279 Å². The zero-order valence-electron chi connectivity index (χ0n) is 25.7. The van der Waals surface area contributed by atoms with E-state index < -0.39 is 34.1 Å². The van der Waals surface area contributed by atoms with Gasteiger partial charge in [0.1, 0.15) is 12.6 Å². The molecule has 0 aliphatic carbocycles. The number of carbonyl (C=O) groups is 2. The highest BCUT2D eigenvalue weighted by Crippen LogP contribution is 2.28. The van der Waals surface area contributed by atoms with Crippen LogP contribution in [-0.2, 0) is 32.6 Å². The predicted molar refractivity (Wildman–Crippen MR) is 184 cm³/mol. The first-order chi connectivity index (χ1) is 21.2. The summed E-state index contributed by atoms with van der Waals surface area (Å²) in [5, 5.41) is 3.36. The number of benzene rings is 4. The lowest BCUT2D eigenvalue weighted by Gasteiger charge is -2.35. The topological polar surface area (TPSA) is 86.8 Å². The molecule has 7 nitrogen and oxygen atoms in total. The highest BCUT2D eigenvalue weighted by atomic mass is 79.9. The van der Waals surface area contributed by atoms with Gasteiger partial charge in [0.15, 0.2) is 0 Å². The van der Waals surface area contributed by atoms with E-state index in [0.717, 1.165) is 25.5 Å². The van der Waals surface area contributed by atoms with Gasteiger partial charge in [0.2, 0.25) is 11.8 Å². The maximum atomic E-state index is 14.5. The third-order valence-electron chi connectivity index (χ3n) is 7.00. The number of anilines is 1. The normalized spacial score (nSPS) is 12.3. The molecule has 4 aromatic rings. The average Bonchev–Trinajstić information content (AvgIpc) is 2.97. The smallest absolute Gasteiger partial charge is 0.264 e. The van der Waals surface area contributed by atoms with E-state index in [1.165, 1.54) is 23.1 Å². The molecule has 0 radical (unpaired) electrons. The summed E-state index contributed by atoms with van der Waals surface area (Å²) in [6.07, 6.45) is 0.227. The Balaban J connectivity index is 1.82. The van der Waals surface area contributed by atoms with Gasteiger partial charge in [0.05, 0.1) is 10.6 Å². The molecule has 0 unspecified atom stereocenters. The van der Waals surface area contributed by atoms with Gasteiger partial charge in [0.25, 0.3) is 10.0 Å². The summed E-state index contributed by atoms with van der Waals surface area (Å²) in [5.74, 6) is -0.888. The van der Waals surface area contributed by atoms with Crippen molar-refractivity contribution in [2.75, 3.05) is 10.8 Å². The van der Waals surface area contributed by atoms with Crippen LogP contribution in [0.4, 0.5) is 5.69 Å². The van der Waals surface area contributed by atoms with Gasteiger partial charge in [-0.1, -0.05) is 93.8 Å². The molecule has 45 heavy (non-hydrogen) atoms. The molecule has 10 heteroatoms. The highest BCUT2D eigenvalue weighted by Gasteiger charge is 2.35. The predicted octanol–water partition coefficient (Wildman–Crippen LogP) is 7.16. The number of hydrogen-bond donors (Lipinski definition) is 1. The summed E-state index contributed by atoms with van der Waals surface area (Å²) >= 11 is 9.80. The Bertz CT molecular complexity index is 1740. The summed E-state index contributed by atoms with van der Waals surface area (Å²) in [4.78, 5) is 30.0. The molecule has 4 rings (SSSR count). The summed E-state index contributed by atoms with van der Waals surface area (Å²) in [6, 6.07) is 28.8. The fourth-order valence-corrected chi connectivity index (χ4v) is 6.87. The van der Waals surface area contributed by atoms with E-state index in [2.05, 4.69) is 21.2 Å². The molecule has 0 heterocycles. The number of hydrogen-bond acceptors (Lipinski definition) is 4. The largest absolute Gasteiger partial charge is 0.350 e. The molecule has 1 N–H and O–H groups in total. The maximum absolute atomic E-state index is 14.5. The van der Waals surface area contributed by atoms with Crippen molar-refractivity contribution < 1.29 is 18.0 Å². The Morgan fingerprint density at radius 1 is 0.867 bits per heavy atom. The van der Waals surface area contributed by atoms with Gasteiger partial charge in [-0.3, -0.25) is 13.9 Å². The Hall–Kier alpha value is -3.66. The minimum Gasteiger partial charge on any atom is -0.350 e. The van der Waals surface area contributed by atoms with Crippen LogP contribution in [0.2, 0.25) is 5.02 Å². The quantitative estimate of drug-likeness (QED) is 0.179. The van der Waals surface area contributed by atoms with Crippen LogP contribution in [0.5, 0.6) is 0 Å². The van der Waals surface area contributed by atoms with E-state index in [1.807, 2.05) is 82.3 Å². The van der Waals surface area contributed by atoms with Gasteiger partial charge in [-0.15, -0.1) is 0 Å². The minimum absolute atomic E-state index is 0.0331. The standard InChI is InChI=1S/C35H37BrClN3O4S/c1-25-16-18-31(19-17-25)45(43,44)40(30-15-9-14-29(37)22-30)24-33(41)39(23-27-12-8-13-28(36)20-27)32(34(42)38-35(2,3)4)21-26-10-6-5-7-11-26/h5-20,22,32H,21,23-24H2,1-4H3,(H,38,42)/t32-/m1/s1. The van der Waals surface area contributed by atoms with Crippen LogP contribution >= 0.6 is 27.5 Å². The second-order valence-corrected chi connectivity index (χ2v) is 15.1. The molecule has 0 aromatic heterocycles. The molecule has 4 aromatic carbocycles. The number of halogens is 2. The van der Waals surface area contributed by atoms with E-state index >= 15 is 0 Å². The number of carbonyl (C=O) groups excluding carboxylic acids is 2. The molecular formula is C35H37BrClN3O4S. The van der Waals surface area contributed by atoms with Crippen LogP contribution in [0.25, 0.3) is 0 Å². The molecule has 0 spiro atoms. The number of amides is 2. The second kappa shape index (κ2) is 14.6. The average molecular weight is 711 g/mol. The lowest BCUT2D eigenvalue weighted by atomic mass is 10.0. The van der Waals surface area contributed by atoms with E-state index in [4.69, 9.17) is 11.6 Å². The molecule has 0 saturated heterocycles. The van der Waals surface area contributed by atoms with Crippen LogP contribution < -0.4 is 9.62 Å². The van der Waals surface area contributed by atoms with Gasteiger partial charge in [-0.05, 0) is 81.3 Å². The second-order valence-electron chi connectivity index (χ2n) is 11.9. The van der Waals surface area contributed by atoms with Crippen molar-refractivity contribution in [1.82, 2.24) is 10.2 Å². The van der Waals surface area contributed by atoms with Gasteiger partial charge >= 0.3 is 0 Å². The molecular weight excluding hydrogens is 674 g/mol.